The van der Waals surface area contributed by atoms with Crippen LogP contribution in [0.2, 0.25) is 0 Å². The maximum atomic E-state index is 14.0. The van der Waals surface area contributed by atoms with Crippen molar-refractivity contribution in [3.05, 3.63) is 17.8 Å². The zero-order valence-corrected chi connectivity index (χ0v) is 11.8. The fourth-order valence-corrected chi connectivity index (χ4v) is 2.47. The van der Waals surface area contributed by atoms with E-state index in [0.29, 0.717) is 5.95 Å². The van der Waals surface area contributed by atoms with Crippen molar-refractivity contribution in [3.63, 3.8) is 0 Å². The van der Waals surface area contributed by atoms with Crippen LogP contribution >= 0.6 is 0 Å². The van der Waals surface area contributed by atoms with Crippen LogP contribution in [0.4, 0.5) is 10.3 Å². The molecule has 1 aliphatic rings. The number of nitrogens with zero attached hydrogens (tertiary/aromatic N) is 6. The van der Waals surface area contributed by atoms with E-state index in [1.807, 2.05) is 0 Å². The van der Waals surface area contributed by atoms with Crippen molar-refractivity contribution in [2.45, 2.75) is 25.9 Å². The van der Waals surface area contributed by atoms with Crippen LogP contribution in [0.15, 0.2) is 6.20 Å². The van der Waals surface area contributed by atoms with Crippen molar-refractivity contribution >= 4 is 5.95 Å². The summed E-state index contributed by atoms with van der Waals surface area (Å²) in [4.78, 5) is 14.5. The molecule has 8 heteroatoms. The molecule has 0 bridgehead atoms. The number of hydrogen-bond donors (Lipinski definition) is 1. The molecule has 3 rings (SSSR count). The molecule has 1 fully saturated rings. The molecule has 0 spiro atoms. The third kappa shape index (κ3) is 2.71. The van der Waals surface area contributed by atoms with Crippen molar-refractivity contribution in [2.24, 2.45) is 7.05 Å². The zero-order valence-electron chi connectivity index (χ0n) is 11.8. The number of anilines is 1. The first kappa shape index (κ1) is 13.9. The van der Waals surface area contributed by atoms with Gasteiger partial charge in [-0.2, -0.15) is 5.10 Å². The van der Waals surface area contributed by atoms with Crippen LogP contribution in [-0.2, 0) is 13.7 Å². The minimum atomic E-state index is -0.546. The monoisotopic (exact) mass is 292 g/mol. The van der Waals surface area contributed by atoms with Gasteiger partial charge in [0.15, 0.2) is 17.5 Å². The number of rotatable bonds is 3. The third-order valence-electron chi connectivity index (χ3n) is 3.53. The average molecular weight is 292 g/mol. The van der Waals surface area contributed by atoms with Gasteiger partial charge >= 0.3 is 0 Å². The Hall–Kier alpha value is -2.09. The van der Waals surface area contributed by atoms with Gasteiger partial charge in [0.05, 0.1) is 6.20 Å². The lowest BCUT2D eigenvalue weighted by Crippen LogP contribution is -2.31. The first-order valence-electron chi connectivity index (χ1n) is 6.97. The topological polar surface area (TPSA) is 80.0 Å². The predicted octanol–water partition coefficient (Wildman–Crippen LogP) is 0.894. The lowest BCUT2D eigenvalue weighted by molar-refractivity contribution is 0.271. The SMILES string of the molecule is Cn1nc(CO)nc1-c1nc(N2CCCCC2)ncc1F. The van der Waals surface area contributed by atoms with E-state index in [4.69, 9.17) is 5.11 Å². The first-order chi connectivity index (χ1) is 10.2. The van der Waals surface area contributed by atoms with Crippen molar-refractivity contribution in [2.75, 3.05) is 18.0 Å². The summed E-state index contributed by atoms with van der Waals surface area (Å²) in [6.07, 6.45) is 4.55. The highest BCUT2D eigenvalue weighted by molar-refractivity contribution is 5.52. The molecule has 0 aromatic carbocycles. The van der Waals surface area contributed by atoms with Gasteiger partial charge in [0.25, 0.3) is 0 Å². The molecule has 0 unspecified atom stereocenters. The van der Waals surface area contributed by atoms with Crippen LogP contribution in [0.5, 0.6) is 0 Å². The molecule has 1 saturated heterocycles. The van der Waals surface area contributed by atoms with Crippen LogP contribution in [0, 0.1) is 5.82 Å². The molecule has 0 amide bonds. The van der Waals surface area contributed by atoms with Crippen molar-refractivity contribution < 1.29 is 9.50 Å². The molecule has 3 heterocycles. The van der Waals surface area contributed by atoms with E-state index >= 15 is 0 Å². The average Bonchev–Trinajstić information content (AvgIpc) is 2.90. The Kier molecular flexibility index (Phi) is 3.78. The smallest absolute Gasteiger partial charge is 0.226 e. The molecule has 0 atom stereocenters. The summed E-state index contributed by atoms with van der Waals surface area (Å²) in [7, 11) is 1.64. The van der Waals surface area contributed by atoms with Gasteiger partial charge in [0.1, 0.15) is 12.3 Å². The molecular formula is C13H17FN6O. The first-order valence-corrected chi connectivity index (χ1v) is 6.97. The number of aliphatic hydroxyl groups is 1. The number of aromatic nitrogens is 5. The van der Waals surface area contributed by atoms with Gasteiger partial charge in [-0.1, -0.05) is 0 Å². The summed E-state index contributed by atoms with van der Waals surface area (Å²) in [5, 5.41) is 13.1. The Morgan fingerprint density at radius 3 is 2.67 bits per heavy atom. The van der Waals surface area contributed by atoms with E-state index in [2.05, 4.69) is 25.0 Å². The Morgan fingerprint density at radius 2 is 2.00 bits per heavy atom. The van der Waals surface area contributed by atoms with Gasteiger partial charge in [-0.05, 0) is 19.3 Å². The summed E-state index contributed by atoms with van der Waals surface area (Å²) >= 11 is 0. The molecule has 0 saturated carbocycles. The zero-order chi connectivity index (χ0) is 14.8. The lowest BCUT2D eigenvalue weighted by Gasteiger charge is -2.26. The molecule has 2 aromatic heterocycles. The van der Waals surface area contributed by atoms with Gasteiger partial charge in [0.2, 0.25) is 5.95 Å². The summed E-state index contributed by atoms with van der Waals surface area (Å²) in [6, 6.07) is 0. The second-order valence-corrected chi connectivity index (χ2v) is 5.05. The van der Waals surface area contributed by atoms with Gasteiger partial charge in [-0.15, -0.1) is 0 Å². The van der Waals surface area contributed by atoms with Crippen LogP contribution < -0.4 is 4.90 Å². The highest BCUT2D eigenvalue weighted by atomic mass is 19.1. The molecule has 1 N–H and O–H groups in total. The molecule has 112 valence electrons. The van der Waals surface area contributed by atoms with Gasteiger partial charge < -0.3 is 10.0 Å². The molecule has 1 aliphatic heterocycles. The van der Waals surface area contributed by atoms with Crippen LogP contribution in [0.1, 0.15) is 25.1 Å². The van der Waals surface area contributed by atoms with Gasteiger partial charge in [0, 0.05) is 20.1 Å². The second-order valence-electron chi connectivity index (χ2n) is 5.05. The Bertz CT molecular complexity index is 638. The Labute approximate surface area is 121 Å². The number of aliphatic hydroxyl groups excluding tert-OH is 1. The highest BCUT2D eigenvalue weighted by Gasteiger charge is 2.20. The normalized spacial score (nSPS) is 15.5. The largest absolute Gasteiger partial charge is 0.388 e. The highest BCUT2D eigenvalue weighted by Crippen LogP contribution is 2.22. The van der Waals surface area contributed by atoms with Crippen LogP contribution in [-0.4, -0.2) is 42.9 Å². The fourth-order valence-electron chi connectivity index (χ4n) is 2.47. The second kappa shape index (κ2) is 5.72. The third-order valence-corrected chi connectivity index (χ3v) is 3.53. The number of piperidine rings is 1. The minimum absolute atomic E-state index is 0.111. The van der Waals surface area contributed by atoms with Crippen molar-refractivity contribution in [3.8, 4) is 11.5 Å². The fraction of sp³-hybridized carbons (Fsp3) is 0.538. The lowest BCUT2D eigenvalue weighted by atomic mass is 10.1. The Balaban J connectivity index is 1.99. The summed E-state index contributed by atoms with van der Waals surface area (Å²) in [5.41, 5.74) is 0.111. The molecule has 2 aromatic rings. The van der Waals surface area contributed by atoms with E-state index in [-0.39, 0.29) is 23.9 Å². The van der Waals surface area contributed by atoms with Gasteiger partial charge in [-0.3, -0.25) is 0 Å². The Morgan fingerprint density at radius 1 is 1.24 bits per heavy atom. The summed E-state index contributed by atoms with van der Waals surface area (Å²) < 4.78 is 15.4. The van der Waals surface area contributed by atoms with Crippen molar-refractivity contribution in [1.82, 2.24) is 24.7 Å². The molecule has 7 nitrogen and oxygen atoms in total. The molecule has 0 radical (unpaired) electrons. The summed E-state index contributed by atoms with van der Waals surface area (Å²) in [6.45, 7) is 1.47. The molecule has 21 heavy (non-hydrogen) atoms. The quantitative estimate of drug-likeness (QED) is 0.905. The van der Waals surface area contributed by atoms with E-state index in [1.54, 1.807) is 7.05 Å². The summed E-state index contributed by atoms with van der Waals surface area (Å²) in [5.74, 6) is 0.498. The number of halogens is 1. The predicted molar refractivity (Wildman–Crippen MR) is 74.0 cm³/mol. The molecular weight excluding hydrogens is 275 g/mol. The minimum Gasteiger partial charge on any atom is -0.388 e. The van der Waals surface area contributed by atoms with E-state index < -0.39 is 5.82 Å². The van der Waals surface area contributed by atoms with E-state index in [1.165, 1.54) is 17.3 Å². The van der Waals surface area contributed by atoms with E-state index in [0.717, 1.165) is 25.9 Å². The van der Waals surface area contributed by atoms with E-state index in [9.17, 15) is 4.39 Å². The van der Waals surface area contributed by atoms with Gasteiger partial charge in [-0.25, -0.2) is 24.0 Å². The standard InChI is InChI=1S/C13H17FN6O/c1-19-12(16-10(8-21)18-19)11-9(14)7-15-13(17-11)20-5-3-2-4-6-20/h7,21H,2-6,8H2,1H3. The number of aryl methyl sites for hydroxylation is 1. The van der Waals surface area contributed by atoms with Crippen LogP contribution in [0.25, 0.3) is 11.5 Å². The number of hydrogen-bond acceptors (Lipinski definition) is 6. The maximum absolute atomic E-state index is 14.0. The molecule has 0 aliphatic carbocycles. The van der Waals surface area contributed by atoms with Crippen molar-refractivity contribution in [1.29, 1.82) is 0 Å². The maximum Gasteiger partial charge on any atom is 0.226 e. The van der Waals surface area contributed by atoms with Crippen LogP contribution in [0.3, 0.4) is 0 Å².